The third-order valence-corrected chi connectivity index (χ3v) is 1.52. The Hall–Kier alpha value is -1.55. The molecule has 0 aromatic carbocycles. The first-order valence-corrected chi connectivity index (χ1v) is 4.19. The number of allylic oxidation sites excluding steroid dienone is 7. The van der Waals surface area contributed by atoms with Gasteiger partial charge in [0.15, 0.2) is 0 Å². The summed E-state index contributed by atoms with van der Waals surface area (Å²) in [5, 5.41) is 8.71. The maximum Gasteiger partial charge on any atom is 0.0994 e. The third kappa shape index (κ3) is 4.81. The second kappa shape index (κ2) is 6.02. The molecule has 0 bridgehead atoms. The van der Waals surface area contributed by atoms with Crippen LogP contribution in [0.15, 0.2) is 47.6 Å². The maximum absolute atomic E-state index is 8.71. The van der Waals surface area contributed by atoms with E-state index in [0.29, 0.717) is 5.57 Å². The molecule has 0 saturated carbocycles. The van der Waals surface area contributed by atoms with Gasteiger partial charge in [0.25, 0.3) is 0 Å². The van der Waals surface area contributed by atoms with E-state index in [1.54, 1.807) is 6.08 Å². The van der Waals surface area contributed by atoms with Crippen LogP contribution in [0.3, 0.4) is 0 Å². The summed E-state index contributed by atoms with van der Waals surface area (Å²) in [5.74, 6) is 0. The number of rotatable bonds is 3. The topological polar surface area (TPSA) is 23.8 Å². The lowest BCUT2D eigenvalue weighted by atomic mass is 10.1. The highest BCUT2D eigenvalue weighted by molar-refractivity contribution is 5.42. The van der Waals surface area contributed by atoms with Crippen molar-refractivity contribution < 1.29 is 0 Å². The molecule has 0 atom stereocenters. The highest BCUT2D eigenvalue weighted by atomic mass is 14.2. The summed E-state index contributed by atoms with van der Waals surface area (Å²) in [6, 6.07) is 2.09. The fourth-order valence-electron chi connectivity index (χ4n) is 0.808. The number of hydrogen-bond acceptors (Lipinski definition) is 1. The van der Waals surface area contributed by atoms with Gasteiger partial charge in [-0.2, -0.15) is 5.26 Å². The molecule has 1 nitrogen and oxygen atoms in total. The molecule has 0 fully saturated rings. The summed E-state index contributed by atoms with van der Waals surface area (Å²) < 4.78 is 0. The fraction of sp³-hybridized carbons (Fsp3) is 0.250. The SMILES string of the molecule is C=C(C)\C(C#N)=C/C=C(C)\C=C/C. The molecule has 0 heterocycles. The zero-order valence-corrected chi connectivity index (χ0v) is 8.46. The van der Waals surface area contributed by atoms with Crippen molar-refractivity contribution in [2.75, 3.05) is 0 Å². The van der Waals surface area contributed by atoms with E-state index in [-0.39, 0.29) is 0 Å². The molecule has 0 aliphatic heterocycles. The maximum atomic E-state index is 8.71. The van der Waals surface area contributed by atoms with E-state index in [0.717, 1.165) is 11.1 Å². The highest BCUT2D eigenvalue weighted by Gasteiger charge is 1.92. The van der Waals surface area contributed by atoms with Crippen molar-refractivity contribution in [3.05, 3.63) is 47.6 Å². The molecule has 0 radical (unpaired) electrons. The lowest BCUT2D eigenvalue weighted by Gasteiger charge is -1.92. The molecular weight excluding hydrogens is 158 g/mol. The van der Waals surface area contributed by atoms with Crippen LogP contribution in [0.25, 0.3) is 0 Å². The monoisotopic (exact) mass is 173 g/mol. The van der Waals surface area contributed by atoms with Crippen LogP contribution in [-0.2, 0) is 0 Å². The Labute approximate surface area is 80.4 Å². The molecule has 0 amide bonds. The minimum Gasteiger partial charge on any atom is -0.192 e. The Morgan fingerprint density at radius 3 is 2.31 bits per heavy atom. The molecule has 0 saturated heterocycles. The van der Waals surface area contributed by atoms with Gasteiger partial charge in [-0.3, -0.25) is 0 Å². The first-order chi connectivity index (χ1) is 6.11. The summed E-state index contributed by atoms with van der Waals surface area (Å²) in [4.78, 5) is 0. The van der Waals surface area contributed by atoms with Crippen molar-refractivity contribution in [3.8, 4) is 6.07 Å². The number of nitriles is 1. The Morgan fingerprint density at radius 2 is 1.92 bits per heavy atom. The lowest BCUT2D eigenvalue weighted by molar-refractivity contribution is 1.41. The second-order valence-corrected chi connectivity index (χ2v) is 2.88. The molecular formula is C12H15N. The van der Waals surface area contributed by atoms with Gasteiger partial charge in [-0.05, 0) is 32.4 Å². The summed E-state index contributed by atoms with van der Waals surface area (Å²) in [6.07, 6.45) is 7.65. The first kappa shape index (κ1) is 11.4. The predicted octanol–water partition coefficient (Wildman–Crippen LogP) is 3.53. The van der Waals surface area contributed by atoms with E-state index in [4.69, 9.17) is 5.26 Å². The summed E-state index contributed by atoms with van der Waals surface area (Å²) in [5.41, 5.74) is 2.55. The molecule has 0 unspecified atom stereocenters. The van der Waals surface area contributed by atoms with Crippen molar-refractivity contribution >= 4 is 0 Å². The number of nitrogens with zero attached hydrogens (tertiary/aromatic N) is 1. The average Bonchev–Trinajstić information content (AvgIpc) is 2.05. The van der Waals surface area contributed by atoms with E-state index in [2.05, 4.69) is 12.6 Å². The molecule has 13 heavy (non-hydrogen) atoms. The van der Waals surface area contributed by atoms with Gasteiger partial charge in [-0.15, -0.1) is 0 Å². The molecule has 0 aromatic heterocycles. The average molecular weight is 173 g/mol. The Morgan fingerprint density at radius 1 is 1.31 bits per heavy atom. The van der Waals surface area contributed by atoms with E-state index in [9.17, 15) is 0 Å². The molecule has 0 spiro atoms. The first-order valence-electron chi connectivity index (χ1n) is 4.19. The minimum absolute atomic E-state index is 0.629. The Balaban J connectivity index is 4.67. The minimum atomic E-state index is 0.629. The largest absolute Gasteiger partial charge is 0.192 e. The van der Waals surface area contributed by atoms with E-state index in [1.165, 1.54) is 0 Å². The Bertz CT molecular complexity index is 309. The zero-order valence-electron chi connectivity index (χ0n) is 8.46. The van der Waals surface area contributed by atoms with Crippen LogP contribution in [0, 0.1) is 11.3 Å². The van der Waals surface area contributed by atoms with Gasteiger partial charge in [0, 0.05) is 0 Å². The normalized spacial score (nSPS) is 13.1. The van der Waals surface area contributed by atoms with E-state index < -0.39 is 0 Å². The van der Waals surface area contributed by atoms with Crippen LogP contribution in [0.2, 0.25) is 0 Å². The van der Waals surface area contributed by atoms with Crippen LogP contribution in [0.1, 0.15) is 20.8 Å². The van der Waals surface area contributed by atoms with Crippen molar-refractivity contribution in [1.29, 1.82) is 5.26 Å². The predicted molar refractivity (Wildman–Crippen MR) is 57.1 cm³/mol. The van der Waals surface area contributed by atoms with Crippen molar-refractivity contribution in [2.24, 2.45) is 0 Å². The van der Waals surface area contributed by atoms with Gasteiger partial charge >= 0.3 is 0 Å². The van der Waals surface area contributed by atoms with Crippen LogP contribution in [0.4, 0.5) is 0 Å². The second-order valence-electron chi connectivity index (χ2n) is 2.88. The standard InChI is InChI=1S/C12H15N/c1-5-6-11(4)7-8-12(9-13)10(2)3/h5-8H,2H2,1,3-4H3/b6-5-,11-7-,12-8-. The molecule has 0 rings (SSSR count). The van der Waals surface area contributed by atoms with E-state index >= 15 is 0 Å². The van der Waals surface area contributed by atoms with E-state index in [1.807, 2.05) is 39.0 Å². The molecule has 1 heteroatoms. The van der Waals surface area contributed by atoms with Crippen LogP contribution in [-0.4, -0.2) is 0 Å². The smallest absolute Gasteiger partial charge is 0.0994 e. The van der Waals surface area contributed by atoms with Gasteiger partial charge in [-0.1, -0.05) is 30.4 Å². The summed E-state index contributed by atoms with van der Waals surface area (Å²) >= 11 is 0. The van der Waals surface area contributed by atoms with Crippen LogP contribution in [0.5, 0.6) is 0 Å². The number of hydrogen-bond donors (Lipinski definition) is 0. The highest BCUT2D eigenvalue weighted by Crippen LogP contribution is 2.06. The van der Waals surface area contributed by atoms with Gasteiger partial charge in [0.1, 0.15) is 0 Å². The quantitative estimate of drug-likeness (QED) is 0.473. The van der Waals surface area contributed by atoms with Crippen LogP contribution < -0.4 is 0 Å². The Kier molecular flexibility index (Phi) is 5.30. The molecule has 0 aliphatic rings. The van der Waals surface area contributed by atoms with Gasteiger partial charge < -0.3 is 0 Å². The lowest BCUT2D eigenvalue weighted by Crippen LogP contribution is -1.77. The third-order valence-electron chi connectivity index (χ3n) is 1.52. The molecule has 68 valence electrons. The van der Waals surface area contributed by atoms with Crippen molar-refractivity contribution in [1.82, 2.24) is 0 Å². The fourth-order valence-corrected chi connectivity index (χ4v) is 0.808. The van der Waals surface area contributed by atoms with Gasteiger partial charge in [-0.25, -0.2) is 0 Å². The summed E-state index contributed by atoms with van der Waals surface area (Å²) in [7, 11) is 0. The summed E-state index contributed by atoms with van der Waals surface area (Å²) in [6.45, 7) is 9.49. The van der Waals surface area contributed by atoms with Crippen LogP contribution >= 0.6 is 0 Å². The van der Waals surface area contributed by atoms with Crippen molar-refractivity contribution in [3.63, 3.8) is 0 Å². The molecule has 0 aromatic rings. The van der Waals surface area contributed by atoms with Gasteiger partial charge in [0.2, 0.25) is 0 Å². The van der Waals surface area contributed by atoms with Gasteiger partial charge in [0.05, 0.1) is 11.6 Å². The molecule has 0 aliphatic carbocycles. The zero-order chi connectivity index (χ0) is 10.3. The molecule has 0 N–H and O–H groups in total. The van der Waals surface area contributed by atoms with Crippen molar-refractivity contribution in [2.45, 2.75) is 20.8 Å².